The summed E-state index contributed by atoms with van der Waals surface area (Å²) in [5.74, 6) is -0.833. The molecule has 1 spiro atoms. The number of ether oxygens (including phenoxy) is 1. The fourth-order valence-corrected chi connectivity index (χ4v) is 5.81. The molecule has 7 heteroatoms. The van der Waals surface area contributed by atoms with Crippen molar-refractivity contribution in [2.75, 3.05) is 4.90 Å². The summed E-state index contributed by atoms with van der Waals surface area (Å²) in [6.45, 7) is 7.79. The van der Waals surface area contributed by atoms with E-state index in [1.54, 1.807) is 29.2 Å². The molecule has 1 amide bonds. The van der Waals surface area contributed by atoms with Crippen LogP contribution in [0.4, 0.5) is 5.69 Å². The molecule has 1 aromatic heterocycles. The van der Waals surface area contributed by atoms with Gasteiger partial charge in [-0.05, 0) is 51.5 Å². The number of allylic oxidation sites excluding steroid dienone is 1. The highest BCUT2D eigenvalue weighted by molar-refractivity contribution is 6.18. The minimum Gasteiger partial charge on any atom is -0.425 e. The van der Waals surface area contributed by atoms with Crippen LogP contribution in [0.15, 0.2) is 63.1 Å². The average molecular weight is 451 g/mol. The lowest BCUT2D eigenvalue weighted by Crippen LogP contribution is -2.54. The van der Waals surface area contributed by atoms with E-state index in [-0.39, 0.29) is 23.0 Å². The van der Waals surface area contributed by atoms with Crippen molar-refractivity contribution in [3.05, 3.63) is 86.4 Å². The molecule has 1 unspecified atom stereocenters. The zero-order valence-corrected chi connectivity index (χ0v) is 19.1. The van der Waals surface area contributed by atoms with Crippen molar-refractivity contribution >= 4 is 28.1 Å². The number of amides is 1. The fourth-order valence-electron chi connectivity index (χ4n) is 5.81. The van der Waals surface area contributed by atoms with Gasteiger partial charge in [0.25, 0.3) is 0 Å². The van der Waals surface area contributed by atoms with E-state index in [2.05, 4.69) is 6.07 Å². The van der Waals surface area contributed by atoms with E-state index in [9.17, 15) is 14.9 Å². The van der Waals surface area contributed by atoms with E-state index in [0.717, 1.165) is 16.7 Å². The van der Waals surface area contributed by atoms with Gasteiger partial charge in [-0.15, -0.1) is 0 Å². The molecule has 34 heavy (non-hydrogen) atoms. The number of nitrogens with two attached hydrogens (primary N) is 1. The normalized spacial score (nSPS) is 21.8. The van der Waals surface area contributed by atoms with Gasteiger partial charge in [0.1, 0.15) is 22.8 Å². The van der Waals surface area contributed by atoms with E-state index in [0.29, 0.717) is 22.2 Å². The maximum atomic E-state index is 14.6. The van der Waals surface area contributed by atoms with E-state index in [1.807, 2.05) is 45.9 Å². The van der Waals surface area contributed by atoms with Gasteiger partial charge in [-0.25, -0.2) is 0 Å². The lowest BCUT2D eigenvalue weighted by molar-refractivity contribution is -0.121. The summed E-state index contributed by atoms with van der Waals surface area (Å²) < 4.78 is 11.6. The number of nitriles is 1. The number of carbonyl (C=O) groups excluding carboxylic acids is 1. The SMILES string of the molecule is CC1=CC(C)(C)N2C(=O)C3(C(C#N)=C(N)Oc4oc5ccccc5c(=O)c43)c3cc(C)cc1c32. The molecular weight excluding hydrogens is 430 g/mol. The monoisotopic (exact) mass is 451 g/mol. The van der Waals surface area contributed by atoms with Crippen molar-refractivity contribution in [2.24, 2.45) is 5.73 Å². The van der Waals surface area contributed by atoms with Crippen LogP contribution in [0.5, 0.6) is 5.95 Å². The molecule has 0 saturated carbocycles. The van der Waals surface area contributed by atoms with Gasteiger partial charge in [-0.2, -0.15) is 5.26 Å². The van der Waals surface area contributed by atoms with Gasteiger partial charge in [-0.3, -0.25) is 9.59 Å². The molecule has 2 aromatic carbocycles. The Hall–Kier alpha value is -4.31. The van der Waals surface area contributed by atoms with Crippen LogP contribution in [0.1, 0.15) is 43.0 Å². The Morgan fingerprint density at radius 3 is 2.59 bits per heavy atom. The van der Waals surface area contributed by atoms with Crippen LogP contribution in [0, 0.1) is 18.3 Å². The Morgan fingerprint density at radius 2 is 1.85 bits per heavy atom. The molecule has 1 atom stereocenters. The smallest absolute Gasteiger partial charge is 0.300 e. The number of aryl methyl sites for hydroxylation is 1. The van der Waals surface area contributed by atoms with Gasteiger partial charge < -0.3 is 19.8 Å². The molecule has 168 valence electrons. The molecule has 2 N–H and O–H groups in total. The molecule has 0 aliphatic carbocycles. The first-order valence-electron chi connectivity index (χ1n) is 11.0. The minimum absolute atomic E-state index is 0.0161. The number of nitrogens with zero attached hydrogens (tertiary/aromatic N) is 2. The van der Waals surface area contributed by atoms with Gasteiger partial charge >= 0.3 is 5.95 Å². The molecule has 0 bridgehead atoms. The first-order chi connectivity index (χ1) is 16.1. The third kappa shape index (κ3) is 2.15. The highest BCUT2D eigenvalue weighted by Gasteiger charge is 2.64. The molecule has 0 saturated heterocycles. The van der Waals surface area contributed by atoms with Crippen molar-refractivity contribution < 1.29 is 13.9 Å². The van der Waals surface area contributed by atoms with Crippen LogP contribution >= 0.6 is 0 Å². The van der Waals surface area contributed by atoms with E-state index < -0.39 is 22.3 Å². The van der Waals surface area contributed by atoms with Crippen LogP contribution in [0.25, 0.3) is 16.5 Å². The summed E-state index contributed by atoms with van der Waals surface area (Å²) in [4.78, 5) is 30.2. The molecule has 6 rings (SSSR count). The summed E-state index contributed by atoms with van der Waals surface area (Å²) in [7, 11) is 0. The van der Waals surface area contributed by atoms with Crippen LogP contribution in [0.2, 0.25) is 0 Å². The first-order valence-corrected chi connectivity index (χ1v) is 11.0. The Kier molecular flexibility index (Phi) is 3.69. The van der Waals surface area contributed by atoms with Crippen LogP contribution in [0.3, 0.4) is 0 Å². The molecule has 0 fully saturated rings. The number of carbonyl (C=O) groups is 1. The maximum Gasteiger partial charge on any atom is 0.300 e. The third-order valence-electron chi connectivity index (χ3n) is 7.05. The van der Waals surface area contributed by atoms with Crippen LogP contribution < -0.4 is 20.8 Å². The van der Waals surface area contributed by atoms with Gasteiger partial charge in [0.05, 0.1) is 16.6 Å². The highest BCUT2D eigenvalue weighted by Crippen LogP contribution is 2.59. The summed E-state index contributed by atoms with van der Waals surface area (Å²) in [5, 5.41) is 10.6. The number of benzene rings is 2. The lowest BCUT2D eigenvalue weighted by Gasteiger charge is -2.40. The summed E-state index contributed by atoms with van der Waals surface area (Å²) in [6.07, 6.45) is 2.03. The van der Waals surface area contributed by atoms with Gasteiger partial charge in [0.2, 0.25) is 17.2 Å². The van der Waals surface area contributed by atoms with Crippen molar-refractivity contribution in [3.8, 4) is 12.0 Å². The Morgan fingerprint density at radius 1 is 1.12 bits per heavy atom. The third-order valence-corrected chi connectivity index (χ3v) is 7.05. The number of rotatable bonds is 0. The number of para-hydroxylation sites is 1. The van der Waals surface area contributed by atoms with Crippen LogP contribution in [-0.4, -0.2) is 11.4 Å². The van der Waals surface area contributed by atoms with E-state index in [4.69, 9.17) is 14.9 Å². The molecule has 4 heterocycles. The quantitative estimate of drug-likeness (QED) is 0.553. The van der Waals surface area contributed by atoms with Crippen molar-refractivity contribution in [1.82, 2.24) is 0 Å². The Balaban J connectivity index is 1.86. The van der Waals surface area contributed by atoms with E-state index >= 15 is 0 Å². The highest BCUT2D eigenvalue weighted by atomic mass is 16.6. The van der Waals surface area contributed by atoms with Gasteiger partial charge in [-0.1, -0.05) is 29.8 Å². The second-order valence-corrected chi connectivity index (χ2v) is 9.62. The summed E-state index contributed by atoms with van der Waals surface area (Å²) >= 11 is 0. The second-order valence-electron chi connectivity index (χ2n) is 9.62. The van der Waals surface area contributed by atoms with Crippen molar-refractivity contribution in [1.29, 1.82) is 5.26 Å². The largest absolute Gasteiger partial charge is 0.425 e. The standard InChI is InChI=1S/C27H21N3O4/c1-13-9-16-14(2)11-26(3,4)30-21(16)17(10-13)27(25(30)32)18(12-28)23(29)34-24-20(27)22(31)15-7-5-6-8-19(15)33-24/h5-11H,29H2,1-4H3. The van der Waals surface area contributed by atoms with Crippen molar-refractivity contribution in [3.63, 3.8) is 0 Å². The van der Waals surface area contributed by atoms with Crippen LogP contribution in [-0.2, 0) is 10.2 Å². The topological polar surface area (TPSA) is 110 Å². The van der Waals surface area contributed by atoms with Gasteiger partial charge in [0.15, 0.2) is 5.41 Å². The summed E-state index contributed by atoms with van der Waals surface area (Å²) in [5.41, 5.74) is 7.53. The fraction of sp³-hybridized carbons (Fsp3) is 0.222. The zero-order valence-electron chi connectivity index (χ0n) is 19.1. The molecule has 3 aliphatic heterocycles. The Labute approximate surface area is 195 Å². The number of hydrogen-bond donors (Lipinski definition) is 1. The van der Waals surface area contributed by atoms with E-state index in [1.165, 1.54) is 0 Å². The molecule has 7 nitrogen and oxygen atoms in total. The predicted octanol–water partition coefficient (Wildman–Crippen LogP) is 4.02. The number of hydrogen-bond acceptors (Lipinski definition) is 6. The second kappa shape index (κ2) is 6.17. The number of fused-ring (bicyclic) bond motifs is 4. The predicted molar refractivity (Wildman–Crippen MR) is 127 cm³/mol. The average Bonchev–Trinajstić information content (AvgIpc) is 3.02. The minimum atomic E-state index is -1.77. The molecule has 3 aliphatic rings. The van der Waals surface area contributed by atoms with Gasteiger partial charge in [0, 0.05) is 11.1 Å². The summed E-state index contributed by atoms with van der Waals surface area (Å²) in [6, 6.07) is 12.7. The lowest BCUT2D eigenvalue weighted by atomic mass is 9.68. The maximum absolute atomic E-state index is 14.6. The zero-order chi connectivity index (χ0) is 24.2. The molecule has 3 aromatic rings. The molecular formula is C27H21N3O4. The molecule has 0 radical (unpaired) electrons. The Bertz CT molecular complexity index is 1650. The van der Waals surface area contributed by atoms with Crippen molar-refractivity contribution in [2.45, 2.75) is 38.6 Å². The first kappa shape index (κ1) is 20.3. The number of anilines is 1.